The number of rotatable bonds is 7. The van der Waals surface area contributed by atoms with Crippen LogP contribution in [0.3, 0.4) is 0 Å². The number of piperazine rings is 1. The maximum Gasteiger partial charge on any atom is 0.319 e. The number of aromatic nitrogens is 3. The molecule has 0 bridgehead atoms. The van der Waals surface area contributed by atoms with Crippen LogP contribution in [-0.4, -0.2) is 88.1 Å². The molecule has 3 saturated heterocycles. The summed E-state index contributed by atoms with van der Waals surface area (Å²) in [6.07, 6.45) is 9.10. The van der Waals surface area contributed by atoms with Crippen molar-refractivity contribution in [3.8, 4) is 12.1 Å². The van der Waals surface area contributed by atoms with Crippen LogP contribution in [0.25, 0.3) is 10.9 Å². The van der Waals surface area contributed by atoms with Crippen molar-refractivity contribution >= 4 is 45.7 Å². The van der Waals surface area contributed by atoms with Gasteiger partial charge in [0.15, 0.2) is 11.6 Å². The lowest BCUT2D eigenvalue weighted by Crippen LogP contribution is -2.55. The van der Waals surface area contributed by atoms with Crippen molar-refractivity contribution in [1.29, 1.82) is 5.26 Å². The van der Waals surface area contributed by atoms with Gasteiger partial charge in [0, 0.05) is 32.4 Å². The molecule has 1 amide bonds. The third-order valence-electron chi connectivity index (χ3n) is 9.90. The molecule has 3 aromatic rings. The van der Waals surface area contributed by atoms with Gasteiger partial charge in [0.2, 0.25) is 5.91 Å². The molecule has 2 aromatic heterocycles. The maximum atomic E-state index is 16.7. The van der Waals surface area contributed by atoms with Gasteiger partial charge in [-0.05, 0) is 69.3 Å². The number of anilines is 3. The van der Waals surface area contributed by atoms with Crippen LogP contribution in [0.15, 0.2) is 37.1 Å². The number of hydrogen-bond donors (Lipinski definition) is 0. The van der Waals surface area contributed by atoms with E-state index in [1.54, 1.807) is 11.1 Å². The van der Waals surface area contributed by atoms with Crippen molar-refractivity contribution in [2.75, 3.05) is 55.7 Å². The molecule has 234 valence electrons. The minimum atomic E-state index is -0.565. The minimum absolute atomic E-state index is 0.0384. The molecular weight excluding hydrogens is 595 g/mol. The fourth-order valence-corrected chi connectivity index (χ4v) is 8.01. The predicted molar refractivity (Wildman–Crippen MR) is 170 cm³/mol. The number of para-hydroxylation sites is 1. The van der Waals surface area contributed by atoms with Gasteiger partial charge < -0.3 is 19.4 Å². The third-order valence-corrected chi connectivity index (χ3v) is 10.2. The largest absolute Gasteiger partial charge is 0.461 e. The topological polar surface area (TPSA) is 102 Å². The van der Waals surface area contributed by atoms with E-state index in [-0.39, 0.29) is 41.3 Å². The fourth-order valence-electron chi connectivity index (χ4n) is 7.72. The van der Waals surface area contributed by atoms with Crippen LogP contribution in [0.2, 0.25) is 5.02 Å². The predicted octanol–water partition coefficient (Wildman–Crippen LogP) is 5.03. The van der Waals surface area contributed by atoms with Gasteiger partial charge in [-0.1, -0.05) is 30.3 Å². The van der Waals surface area contributed by atoms with Crippen molar-refractivity contribution in [3.63, 3.8) is 0 Å². The molecule has 0 saturated carbocycles. The summed E-state index contributed by atoms with van der Waals surface area (Å²) in [4.78, 5) is 34.7. The molecular formula is C33H36ClFN8O2. The van der Waals surface area contributed by atoms with E-state index in [9.17, 15) is 10.1 Å². The van der Waals surface area contributed by atoms with Crippen LogP contribution in [-0.2, 0) is 11.2 Å². The number of aryl methyl sites for hydroxylation is 1. The van der Waals surface area contributed by atoms with Crippen molar-refractivity contribution in [1.82, 2.24) is 24.8 Å². The summed E-state index contributed by atoms with van der Waals surface area (Å²) in [6.45, 7) is 7.89. The van der Waals surface area contributed by atoms with Gasteiger partial charge in [0.05, 0.1) is 40.2 Å². The van der Waals surface area contributed by atoms with Crippen molar-refractivity contribution in [2.24, 2.45) is 0 Å². The van der Waals surface area contributed by atoms with Crippen LogP contribution in [0, 0.1) is 17.1 Å². The molecule has 0 N–H and O–H groups in total. The van der Waals surface area contributed by atoms with E-state index in [2.05, 4.69) is 27.5 Å². The molecule has 6 heterocycles. The average molecular weight is 631 g/mol. The Morgan fingerprint density at radius 1 is 1.16 bits per heavy atom. The molecule has 0 aliphatic carbocycles. The second-order valence-electron chi connectivity index (χ2n) is 12.4. The van der Waals surface area contributed by atoms with E-state index < -0.39 is 5.82 Å². The lowest BCUT2D eigenvalue weighted by molar-refractivity contribution is -0.128. The number of amides is 1. The van der Waals surface area contributed by atoms with E-state index in [0.717, 1.165) is 62.9 Å². The number of ether oxygens (including phenoxy) is 1. The van der Waals surface area contributed by atoms with Gasteiger partial charge in [-0.25, -0.2) is 9.37 Å². The van der Waals surface area contributed by atoms with Gasteiger partial charge in [-0.15, -0.1) is 0 Å². The summed E-state index contributed by atoms with van der Waals surface area (Å²) in [6, 6.07) is 7.67. The summed E-state index contributed by atoms with van der Waals surface area (Å²) in [5, 5.41) is 10.5. The molecule has 0 unspecified atom stereocenters. The zero-order valence-electron chi connectivity index (χ0n) is 25.2. The number of fused-ring (bicyclic) bond motifs is 3. The lowest BCUT2D eigenvalue weighted by atomic mass is 9.95. The highest BCUT2D eigenvalue weighted by Gasteiger charge is 2.45. The number of carbonyl (C=O) groups excluding carboxylic acids is 1. The van der Waals surface area contributed by atoms with Crippen molar-refractivity contribution < 1.29 is 13.9 Å². The normalized spacial score (nSPS) is 21.0. The molecule has 12 heteroatoms. The van der Waals surface area contributed by atoms with E-state index in [1.165, 1.54) is 6.08 Å². The van der Waals surface area contributed by atoms with E-state index >= 15 is 4.39 Å². The zero-order chi connectivity index (χ0) is 31.1. The van der Waals surface area contributed by atoms with Gasteiger partial charge in [0.25, 0.3) is 0 Å². The first-order valence-electron chi connectivity index (χ1n) is 15.8. The van der Waals surface area contributed by atoms with E-state index in [0.29, 0.717) is 49.0 Å². The fraction of sp³-hybridized carbons (Fsp3) is 0.485. The summed E-state index contributed by atoms with van der Waals surface area (Å²) in [5.41, 5.74) is 1.90. The first-order valence-corrected chi connectivity index (χ1v) is 16.1. The Kier molecular flexibility index (Phi) is 7.96. The minimum Gasteiger partial charge on any atom is -0.461 e. The molecule has 7 rings (SSSR count). The lowest BCUT2D eigenvalue weighted by Gasteiger charge is -2.41. The van der Waals surface area contributed by atoms with Crippen LogP contribution in [0.5, 0.6) is 6.01 Å². The summed E-state index contributed by atoms with van der Waals surface area (Å²) >= 11 is 6.64. The second-order valence-corrected chi connectivity index (χ2v) is 12.8. The number of pyridine rings is 1. The van der Waals surface area contributed by atoms with Crippen LogP contribution in [0.1, 0.15) is 44.1 Å². The molecule has 0 radical (unpaired) electrons. The molecule has 10 nitrogen and oxygen atoms in total. The van der Waals surface area contributed by atoms with Crippen LogP contribution >= 0.6 is 11.6 Å². The highest BCUT2D eigenvalue weighted by molar-refractivity contribution is 6.33. The molecule has 1 aromatic carbocycles. The second kappa shape index (κ2) is 12.1. The Labute approximate surface area is 267 Å². The van der Waals surface area contributed by atoms with Crippen molar-refractivity contribution in [2.45, 2.75) is 56.5 Å². The van der Waals surface area contributed by atoms with E-state index in [4.69, 9.17) is 21.3 Å². The molecule has 0 spiro atoms. The smallest absolute Gasteiger partial charge is 0.319 e. The Morgan fingerprint density at radius 3 is 2.76 bits per heavy atom. The summed E-state index contributed by atoms with van der Waals surface area (Å²) < 4.78 is 23.1. The quantitative estimate of drug-likeness (QED) is 0.333. The highest BCUT2D eigenvalue weighted by atomic mass is 35.5. The Bertz CT molecular complexity index is 1690. The Morgan fingerprint density at radius 2 is 1.98 bits per heavy atom. The number of nitrogens with zero attached hydrogens (tertiary/aromatic N) is 8. The molecule has 1 atom stereocenters. The van der Waals surface area contributed by atoms with Crippen LogP contribution in [0.4, 0.5) is 21.7 Å². The molecule has 4 aliphatic rings. The molecule has 45 heavy (non-hydrogen) atoms. The first kappa shape index (κ1) is 29.7. The van der Waals surface area contributed by atoms with Crippen molar-refractivity contribution in [3.05, 3.63) is 53.5 Å². The Balaban J connectivity index is 1.30. The van der Waals surface area contributed by atoms with Gasteiger partial charge in [-0.2, -0.15) is 15.2 Å². The SMILES string of the molecule is C=CC(=O)N1CCN(c2nc(OCC34CCCN3CCC4)nc3c(F)c(N4CCCc5cccc(Cl)c54)ncc23)C[C@@H]1CC#N. The molecule has 4 aliphatic heterocycles. The van der Waals surface area contributed by atoms with Gasteiger partial charge >= 0.3 is 6.01 Å². The number of halogens is 2. The third kappa shape index (κ3) is 5.24. The maximum absolute atomic E-state index is 16.7. The monoisotopic (exact) mass is 630 g/mol. The van der Waals surface area contributed by atoms with Gasteiger partial charge in [-0.3, -0.25) is 9.69 Å². The van der Waals surface area contributed by atoms with Crippen LogP contribution < -0.4 is 14.5 Å². The molecule has 3 fully saturated rings. The average Bonchev–Trinajstić information content (AvgIpc) is 3.64. The van der Waals surface area contributed by atoms with Gasteiger partial charge in [0.1, 0.15) is 17.9 Å². The highest BCUT2D eigenvalue weighted by Crippen LogP contribution is 2.42. The Hall–Kier alpha value is -4.01. The number of carbonyl (C=O) groups is 1. The summed E-state index contributed by atoms with van der Waals surface area (Å²) in [7, 11) is 0. The number of nitriles is 1. The summed E-state index contributed by atoms with van der Waals surface area (Å²) in [5.74, 6) is -0.149. The number of hydrogen-bond acceptors (Lipinski definition) is 9. The van der Waals surface area contributed by atoms with E-state index in [1.807, 2.05) is 28.0 Å². The standard InChI is InChI=1S/C33H36ClFN8O2/c1-2-26(44)42-18-17-40(20-23(42)10-13-36)30-24-19-37-31(43-16-4-8-22-7-3-9-25(34)29(22)43)27(35)28(24)38-32(39-30)45-21-33-11-5-14-41(33)15-6-12-33/h2-3,7,9,19,23H,1,4-6,8,10-12,14-18,20-21H2/t23-/m0/s1. The zero-order valence-corrected chi connectivity index (χ0v) is 26.0. The first-order chi connectivity index (χ1) is 21.9. The number of benzene rings is 1.